The summed E-state index contributed by atoms with van der Waals surface area (Å²) in [6, 6.07) is 17.1. The molecule has 1 atom stereocenters. The minimum atomic E-state index is -0.332. The average Bonchev–Trinajstić information content (AvgIpc) is 2.78. The third kappa shape index (κ3) is 6.31. The molecule has 0 saturated carbocycles. The Labute approximate surface area is 185 Å². The monoisotopic (exact) mass is 423 g/mol. The molecule has 0 saturated heterocycles. The van der Waals surface area contributed by atoms with Crippen LogP contribution in [0.4, 0.5) is 5.69 Å². The fourth-order valence-corrected chi connectivity index (χ4v) is 3.98. The Bertz CT molecular complexity index is 880. The van der Waals surface area contributed by atoms with E-state index in [-0.39, 0.29) is 30.8 Å². The number of benzene rings is 2. The molecular formula is C25H33N3O3. The van der Waals surface area contributed by atoms with E-state index in [9.17, 15) is 9.59 Å². The Morgan fingerprint density at radius 2 is 1.77 bits per heavy atom. The number of anilines is 1. The standard InChI is InChI=1S/C25H33N3O3/c1-4-31-25(30)14-13-24(29)26-17-23(20-9-11-22(12-10-20)27(2)3)28-16-15-19-7-5-6-8-21(19)18-28/h5-12,23H,4,13-18H2,1-3H3,(H,26,29)/t23-/m1/s1. The number of rotatable bonds is 9. The number of esters is 1. The predicted octanol–water partition coefficient (Wildman–Crippen LogP) is 3.31. The van der Waals surface area contributed by atoms with Gasteiger partial charge in [-0.25, -0.2) is 0 Å². The normalized spacial score (nSPS) is 14.4. The fourth-order valence-electron chi connectivity index (χ4n) is 3.98. The Kier molecular flexibility index (Phi) is 8.06. The van der Waals surface area contributed by atoms with Gasteiger partial charge in [0.25, 0.3) is 0 Å². The molecule has 1 amide bonds. The molecule has 0 unspecified atom stereocenters. The Hall–Kier alpha value is -2.86. The van der Waals surface area contributed by atoms with Crippen molar-refractivity contribution in [1.29, 1.82) is 0 Å². The van der Waals surface area contributed by atoms with E-state index in [1.54, 1.807) is 6.92 Å². The van der Waals surface area contributed by atoms with E-state index in [4.69, 9.17) is 4.74 Å². The van der Waals surface area contributed by atoms with Crippen molar-refractivity contribution in [2.24, 2.45) is 0 Å². The summed E-state index contributed by atoms with van der Waals surface area (Å²) in [7, 11) is 4.05. The average molecular weight is 424 g/mol. The third-order valence-electron chi connectivity index (χ3n) is 5.75. The smallest absolute Gasteiger partial charge is 0.306 e. The zero-order valence-electron chi connectivity index (χ0n) is 18.8. The highest BCUT2D eigenvalue weighted by Crippen LogP contribution is 2.28. The zero-order valence-corrected chi connectivity index (χ0v) is 18.8. The number of fused-ring (bicyclic) bond motifs is 1. The van der Waals surface area contributed by atoms with Gasteiger partial charge >= 0.3 is 5.97 Å². The van der Waals surface area contributed by atoms with Gasteiger partial charge in [-0.3, -0.25) is 14.5 Å². The molecule has 0 spiro atoms. The summed E-state index contributed by atoms with van der Waals surface area (Å²) in [5.41, 5.74) is 5.07. The van der Waals surface area contributed by atoms with Crippen LogP contribution >= 0.6 is 0 Å². The lowest BCUT2D eigenvalue weighted by Gasteiger charge is -2.36. The molecule has 0 radical (unpaired) electrons. The number of hydrogen-bond donors (Lipinski definition) is 1. The summed E-state index contributed by atoms with van der Waals surface area (Å²) >= 11 is 0. The number of ether oxygens (including phenoxy) is 1. The first-order valence-corrected chi connectivity index (χ1v) is 11.0. The van der Waals surface area contributed by atoms with Crippen molar-refractivity contribution in [2.75, 3.05) is 38.7 Å². The topological polar surface area (TPSA) is 61.9 Å². The second-order valence-corrected chi connectivity index (χ2v) is 8.10. The van der Waals surface area contributed by atoms with Crippen LogP contribution in [0.25, 0.3) is 0 Å². The van der Waals surface area contributed by atoms with E-state index in [0.29, 0.717) is 13.2 Å². The first-order chi connectivity index (χ1) is 15.0. The first-order valence-electron chi connectivity index (χ1n) is 11.0. The van der Waals surface area contributed by atoms with Crippen LogP contribution in [0, 0.1) is 0 Å². The molecule has 0 aromatic heterocycles. The quantitative estimate of drug-likeness (QED) is 0.627. The number of carbonyl (C=O) groups is 2. The van der Waals surface area contributed by atoms with Gasteiger partial charge in [-0.15, -0.1) is 0 Å². The molecule has 1 aliphatic rings. The lowest BCUT2D eigenvalue weighted by Crippen LogP contribution is -2.40. The SMILES string of the molecule is CCOC(=O)CCC(=O)NC[C@H](c1ccc(N(C)C)cc1)N1CCc2ccccc2C1. The van der Waals surface area contributed by atoms with Crippen molar-refractivity contribution < 1.29 is 14.3 Å². The third-order valence-corrected chi connectivity index (χ3v) is 5.75. The maximum absolute atomic E-state index is 12.4. The highest BCUT2D eigenvalue weighted by Gasteiger charge is 2.25. The second-order valence-electron chi connectivity index (χ2n) is 8.10. The van der Waals surface area contributed by atoms with Crippen molar-refractivity contribution in [1.82, 2.24) is 10.2 Å². The number of hydrogen-bond acceptors (Lipinski definition) is 5. The molecule has 1 aliphatic heterocycles. The summed E-state index contributed by atoms with van der Waals surface area (Å²) in [4.78, 5) is 28.4. The van der Waals surface area contributed by atoms with Crippen LogP contribution in [0.1, 0.15) is 42.5 Å². The van der Waals surface area contributed by atoms with E-state index < -0.39 is 0 Å². The van der Waals surface area contributed by atoms with Crippen LogP contribution in [-0.4, -0.2) is 50.6 Å². The van der Waals surface area contributed by atoms with Crippen LogP contribution in [-0.2, 0) is 27.3 Å². The van der Waals surface area contributed by atoms with Crippen molar-refractivity contribution in [2.45, 2.75) is 38.8 Å². The molecule has 166 valence electrons. The Balaban J connectivity index is 1.70. The van der Waals surface area contributed by atoms with Gasteiger partial charge in [0.05, 0.1) is 19.1 Å². The molecule has 31 heavy (non-hydrogen) atoms. The summed E-state index contributed by atoms with van der Waals surface area (Å²) < 4.78 is 4.91. The number of nitrogens with zero attached hydrogens (tertiary/aromatic N) is 2. The molecule has 2 aromatic carbocycles. The highest BCUT2D eigenvalue weighted by molar-refractivity contribution is 5.81. The molecular weight excluding hydrogens is 390 g/mol. The van der Waals surface area contributed by atoms with Crippen molar-refractivity contribution in [3.8, 4) is 0 Å². The summed E-state index contributed by atoms with van der Waals surface area (Å²) in [6.07, 6.45) is 1.26. The van der Waals surface area contributed by atoms with E-state index in [1.165, 1.54) is 16.7 Å². The van der Waals surface area contributed by atoms with Gasteiger partial charge in [0.2, 0.25) is 5.91 Å². The molecule has 1 heterocycles. The molecule has 1 N–H and O–H groups in total. The summed E-state index contributed by atoms with van der Waals surface area (Å²) in [6.45, 7) is 4.40. The molecule has 2 aromatic rings. The maximum atomic E-state index is 12.4. The molecule has 0 fully saturated rings. The van der Waals surface area contributed by atoms with Gasteiger partial charge in [0.15, 0.2) is 0 Å². The van der Waals surface area contributed by atoms with Crippen LogP contribution < -0.4 is 10.2 Å². The Morgan fingerprint density at radius 1 is 1.06 bits per heavy atom. The van der Waals surface area contributed by atoms with Crippen molar-refractivity contribution >= 4 is 17.6 Å². The molecule has 0 aliphatic carbocycles. The number of carbonyl (C=O) groups excluding carboxylic acids is 2. The lowest BCUT2D eigenvalue weighted by atomic mass is 9.96. The molecule has 6 nitrogen and oxygen atoms in total. The molecule has 3 rings (SSSR count). The number of amides is 1. The van der Waals surface area contributed by atoms with E-state index in [2.05, 4.69) is 63.6 Å². The summed E-state index contributed by atoms with van der Waals surface area (Å²) in [5, 5.41) is 3.04. The second kappa shape index (κ2) is 11.0. The van der Waals surface area contributed by atoms with Crippen molar-refractivity contribution in [3.63, 3.8) is 0 Å². The summed E-state index contributed by atoms with van der Waals surface area (Å²) in [5.74, 6) is -0.457. The van der Waals surface area contributed by atoms with Gasteiger partial charge < -0.3 is 15.0 Å². The Morgan fingerprint density at radius 3 is 2.45 bits per heavy atom. The van der Waals surface area contributed by atoms with Crippen LogP contribution in [0.15, 0.2) is 48.5 Å². The van der Waals surface area contributed by atoms with Crippen LogP contribution in [0.2, 0.25) is 0 Å². The predicted molar refractivity (Wildman–Crippen MR) is 123 cm³/mol. The van der Waals surface area contributed by atoms with Crippen LogP contribution in [0.3, 0.4) is 0 Å². The van der Waals surface area contributed by atoms with Crippen LogP contribution in [0.5, 0.6) is 0 Å². The largest absolute Gasteiger partial charge is 0.466 e. The first kappa shape index (κ1) is 22.8. The number of nitrogens with one attached hydrogen (secondary N) is 1. The van der Waals surface area contributed by atoms with Gasteiger partial charge in [0, 0.05) is 45.8 Å². The van der Waals surface area contributed by atoms with E-state index in [0.717, 1.165) is 25.2 Å². The minimum Gasteiger partial charge on any atom is -0.466 e. The highest BCUT2D eigenvalue weighted by atomic mass is 16.5. The maximum Gasteiger partial charge on any atom is 0.306 e. The van der Waals surface area contributed by atoms with Gasteiger partial charge in [-0.2, -0.15) is 0 Å². The van der Waals surface area contributed by atoms with Gasteiger partial charge in [-0.05, 0) is 42.2 Å². The van der Waals surface area contributed by atoms with E-state index in [1.807, 2.05) is 14.1 Å². The fraction of sp³-hybridized carbons (Fsp3) is 0.440. The van der Waals surface area contributed by atoms with Gasteiger partial charge in [0.1, 0.15) is 0 Å². The molecule has 0 bridgehead atoms. The zero-order chi connectivity index (χ0) is 22.2. The molecule has 6 heteroatoms. The van der Waals surface area contributed by atoms with E-state index >= 15 is 0 Å². The van der Waals surface area contributed by atoms with Gasteiger partial charge in [-0.1, -0.05) is 36.4 Å². The lowest BCUT2D eigenvalue weighted by molar-refractivity contribution is -0.144. The minimum absolute atomic E-state index is 0.0658. The van der Waals surface area contributed by atoms with Crippen molar-refractivity contribution in [3.05, 3.63) is 65.2 Å².